The Bertz CT molecular complexity index is 816. The van der Waals surface area contributed by atoms with E-state index in [4.69, 9.17) is 4.42 Å². The summed E-state index contributed by atoms with van der Waals surface area (Å²) in [7, 11) is 0. The summed E-state index contributed by atoms with van der Waals surface area (Å²) in [5.74, 6) is 2.62. The lowest BCUT2D eigenvalue weighted by Crippen LogP contribution is -2.47. The van der Waals surface area contributed by atoms with Gasteiger partial charge in [-0.05, 0) is 81.3 Å². The van der Waals surface area contributed by atoms with Crippen LogP contribution in [-0.4, -0.2) is 41.4 Å². The smallest absolute Gasteiger partial charge is 0.254 e. The third-order valence-electron chi connectivity index (χ3n) is 6.67. The summed E-state index contributed by atoms with van der Waals surface area (Å²) in [6.45, 7) is 12.6. The zero-order chi connectivity index (χ0) is 22.9. The Kier molecular flexibility index (Phi) is 9.40. The second-order valence-electron chi connectivity index (χ2n) is 9.85. The summed E-state index contributed by atoms with van der Waals surface area (Å²) >= 11 is 0. The fraction of sp³-hybridized carbons (Fsp3) is 0.607. The van der Waals surface area contributed by atoms with Crippen LogP contribution in [0, 0.1) is 12.8 Å². The maximum absolute atomic E-state index is 13.6. The fourth-order valence-corrected chi connectivity index (χ4v) is 4.56. The van der Waals surface area contributed by atoms with Crippen molar-refractivity contribution in [2.24, 2.45) is 5.92 Å². The van der Waals surface area contributed by atoms with Gasteiger partial charge in [-0.2, -0.15) is 0 Å². The number of benzene rings is 1. The molecule has 2 aromatic rings. The van der Waals surface area contributed by atoms with Crippen molar-refractivity contribution in [2.45, 2.75) is 85.2 Å². The van der Waals surface area contributed by atoms with Gasteiger partial charge in [0, 0.05) is 24.7 Å². The van der Waals surface area contributed by atoms with Gasteiger partial charge in [0.1, 0.15) is 11.5 Å². The van der Waals surface area contributed by atoms with E-state index in [1.165, 1.54) is 31.2 Å². The molecule has 1 aromatic heterocycles. The van der Waals surface area contributed by atoms with E-state index in [0.717, 1.165) is 61.9 Å². The van der Waals surface area contributed by atoms with Gasteiger partial charge < -0.3 is 14.2 Å². The standard InChI is InChI=1S/C28H42N2O2/c1-5-6-7-8-24-10-12-25(13-11-24)28(31)30(21-27-14-9-23(4)32-27)26-16-19-29(20-17-26)18-15-22(2)3/h9-14,22,26H,5-8,15-21H2,1-4H3. The summed E-state index contributed by atoms with van der Waals surface area (Å²) in [6, 6.07) is 12.5. The number of unbranched alkanes of at least 4 members (excludes halogenated alkanes) is 2. The number of carbonyl (C=O) groups is 1. The summed E-state index contributed by atoms with van der Waals surface area (Å²) in [5, 5.41) is 0. The average Bonchev–Trinajstić information content (AvgIpc) is 3.21. The molecular weight excluding hydrogens is 396 g/mol. The quantitative estimate of drug-likeness (QED) is 0.377. The molecule has 0 spiro atoms. The first-order valence-corrected chi connectivity index (χ1v) is 12.6. The van der Waals surface area contributed by atoms with Crippen molar-refractivity contribution in [3.8, 4) is 0 Å². The van der Waals surface area contributed by atoms with Crippen LogP contribution in [0.25, 0.3) is 0 Å². The van der Waals surface area contributed by atoms with Crippen LogP contribution in [0.5, 0.6) is 0 Å². The Balaban J connectivity index is 1.68. The van der Waals surface area contributed by atoms with Gasteiger partial charge >= 0.3 is 0 Å². The number of hydrogen-bond acceptors (Lipinski definition) is 3. The van der Waals surface area contributed by atoms with E-state index in [0.29, 0.717) is 6.54 Å². The topological polar surface area (TPSA) is 36.7 Å². The molecule has 4 nitrogen and oxygen atoms in total. The van der Waals surface area contributed by atoms with Crippen LogP contribution in [0.1, 0.15) is 86.7 Å². The predicted octanol–water partition coefficient (Wildman–Crippen LogP) is 6.47. The number of piperidine rings is 1. The minimum absolute atomic E-state index is 0.125. The third kappa shape index (κ3) is 7.23. The normalized spacial score (nSPS) is 15.4. The molecule has 1 aliphatic heterocycles. The molecule has 1 aromatic carbocycles. The number of rotatable bonds is 11. The van der Waals surface area contributed by atoms with Crippen LogP contribution in [0.4, 0.5) is 0 Å². The molecule has 1 fully saturated rings. The molecule has 0 saturated carbocycles. The van der Waals surface area contributed by atoms with Crippen molar-refractivity contribution < 1.29 is 9.21 Å². The van der Waals surface area contributed by atoms with Gasteiger partial charge in [0.15, 0.2) is 0 Å². The van der Waals surface area contributed by atoms with Crippen LogP contribution in [0.2, 0.25) is 0 Å². The molecule has 1 amide bonds. The molecule has 2 heterocycles. The molecule has 32 heavy (non-hydrogen) atoms. The maximum atomic E-state index is 13.6. The van der Waals surface area contributed by atoms with Gasteiger partial charge in [0.25, 0.3) is 5.91 Å². The predicted molar refractivity (Wildman–Crippen MR) is 132 cm³/mol. The van der Waals surface area contributed by atoms with Crippen LogP contribution in [0.3, 0.4) is 0 Å². The molecule has 0 bridgehead atoms. The highest BCUT2D eigenvalue weighted by Crippen LogP contribution is 2.23. The van der Waals surface area contributed by atoms with Crippen molar-refractivity contribution in [3.05, 3.63) is 59.0 Å². The van der Waals surface area contributed by atoms with Gasteiger partial charge in [-0.1, -0.05) is 45.7 Å². The van der Waals surface area contributed by atoms with Gasteiger partial charge in [-0.25, -0.2) is 0 Å². The Hall–Kier alpha value is -2.07. The van der Waals surface area contributed by atoms with E-state index in [9.17, 15) is 4.79 Å². The number of carbonyl (C=O) groups excluding carboxylic acids is 1. The summed E-state index contributed by atoms with van der Waals surface area (Å²) in [4.78, 5) is 18.2. The molecule has 0 N–H and O–H groups in total. The molecule has 1 saturated heterocycles. The lowest BCUT2D eigenvalue weighted by atomic mass is 10.00. The van der Waals surface area contributed by atoms with Gasteiger partial charge in [0.05, 0.1) is 6.54 Å². The van der Waals surface area contributed by atoms with Crippen LogP contribution >= 0.6 is 0 Å². The molecule has 0 aliphatic carbocycles. The first-order chi connectivity index (χ1) is 15.5. The second-order valence-corrected chi connectivity index (χ2v) is 9.85. The summed E-state index contributed by atoms with van der Waals surface area (Å²) in [5.41, 5.74) is 2.11. The fourth-order valence-electron chi connectivity index (χ4n) is 4.56. The zero-order valence-corrected chi connectivity index (χ0v) is 20.6. The SMILES string of the molecule is CCCCCc1ccc(C(=O)N(Cc2ccc(C)o2)C2CCN(CCC(C)C)CC2)cc1. The highest BCUT2D eigenvalue weighted by molar-refractivity contribution is 5.94. The minimum atomic E-state index is 0.125. The number of furan rings is 1. The second kappa shape index (κ2) is 12.2. The van der Waals surface area contributed by atoms with Gasteiger partial charge in [-0.3, -0.25) is 4.79 Å². The van der Waals surface area contributed by atoms with Crippen molar-refractivity contribution >= 4 is 5.91 Å². The van der Waals surface area contributed by atoms with Crippen LogP contribution < -0.4 is 0 Å². The van der Waals surface area contributed by atoms with Crippen LogP contribution in [0.15, 0.2) is 40.8 Å². The molecule has 4 heteroatoms. The van der Waals surface area contributed by atoms with Crippen LogP contribution in [-0.2, 0) is 13.0 Å². The minimum Gasteiger partial charge on any atom is -0.464 e. The van der Waals surface area contributed by atoms with Gasteiger partial charge in [0.2, 0.25) is 0 Å². The van der Waals surface area contributed by atoms with E-state index < -0.39 is 0 Å². The third-order valence-corrected chi connectivity index (χ3v) is 6.67. The van der Waals surface area contributed by atoms with Gasteiger partial charge in [-0.15, -0.1) is 0 Å². The summed E-state index contributed by atoms with van der Waals surface area (Å²) < 4.78 is 5.85. The Morgan fingerprint density at radius 2 is 1.81 bits per heavy atom. The van der Waals surface area contributed by atoms with Crippen molar-refractivity contribution in [3.63, 3.8) is 0 Å². The lowest BCUT2D eigenvalue weighted by molar-refractivity contribution is 0.0526. The average molecular weight is 439 g/mol. The lowest BCUT2D eigenvalue weighted by Gasteiger charge is -2.38. The van der Waals surface area contributed by atoms with Crippen molar-refractivity contribution in [1.29, 1.82) is 0 Å². The molecule has 0 unspecified atom stereocenters. The Morgan fingerprint density at radius 1 is 1.09 bits per heavy atom. The Labute approximate surface area is 195 Å². The van der Waals surface area contributed by atoms with E-state index in [1.807, 2.05) is 31.2 Å². The van der Waals surface area contributed by atoms with E-state index in [-0.39, 0.29) is 11.9 Å². The highest BCUT2D eigenvalue weighted by Gasteiger charge is 2.29. The monoisotopic (exact) mass is 438 g/mol. The molecular formula is C28H42N2O2. The highest BCUT2D eigenvalue weighted by atomic mass is 16.3. The first-order valence-electron chi connectivity index (χ1n) is 12.6. The molecule has 176 valence electrons. The van der Waals surface area contributed by atoms with Crippen molar-refractivity contribution in [2.75, 3.05) is 19.6 Å². The largest absolute Gasteiger partial charge is 0.464 e. The zero-order valence-electron chi connectivity index (χ0n) is 20.6. The number of aryl methyl sites for hydroxylation is 2. The summed E-state index contributed by atoms with van der Waals surface area (Å²) in [6.07, 6.45) is 8.08. The number of likely N-dealkylation sites (tertiary alicyclic amines) is 1. The number of amides is 1. The van der Waals surface area contributed by atoms with Crippen molar-refractivity contribution in [1.82, 2.24) is 9.80 Å². The van der Waals surface area contributed by atoms with E-state index in [1.54, 1.807) is 0 Å². The Morgan fingerprint density at radius 3 is 2.41 bits per heavy atom. The molecule has 0 radical (unpaired) electrons. The van der Waals surface area contributed by atoms with E-state index >= 15 is 0 Å². The molecule has 0 atom stereocenters. The number of nitrogens with zero attached hydrogens (tertiary/aromatic N) is 2. The molecule has 1 aliphatic rings. The van der Waals surface area contributed by atoms with E-state index in [2.05, 4.69) is 42.7 Å². The maximum Gasteiger partial charge on any atom is 0.254 e. The molecule has 3 rings (SSSR count). The number of hydrogen-bond donors (Lipinski definition) is 0. The first kappa shape index (κ1) is 24.6.